The molecule has 1 atom stereocenters. The van der Waals surface area contributed by atoms with Gasteiger partial charge in [0.1, 0.15) is 5.82 Å². The minimum Gasteiger partial charge on any atom is -0.371 e. The molecule has 0 radical (unpaired) electrons. The molecule has 0 bridgehead atoms. The number of aromatic nitrogens is 2. The molecule has 0 aliphatic carbocycles. The summed E-state index contributed by atoms with van der Waals surface area (Å²) in [7, 11) is 2.08. The predicted octanol–water partition coefficient (Wildman–Crippen LogP) is 2.87. The fraction of sp³-hybridized carbons (Fsp3) is 0.474. The fourth-order valence-electron chi connectivity index (χ4n) is 3.33. The van der Waals surface area contributed by atoms with Gasteiger partial charge in [-0.3, -0.25) is 9.69 Å². The minimum absolute atomic E-state index is 0.0456. The van der Waals surface area contributed by atoms with Gasteiger partial charge in [0.25, 0.3) is 5.56 Å². The van der Waals surface area contributed by atoms with E-state index in [0.717, 1.165) is 31.2 Å². The first-order valence-electron chi connectivity index (χ1n) is 8.65. The molecule has 0 amide bonds. The van der Waals surface area contributed by atoms with E-state index in [2.05, 4.69) is 58.0 Å². The van der Waals surface area contributed by atoms with E-state index in [-0.39, 0.29) is 11.6 Å². The lowest BCUT2D eigenvalue weighted by molar-refractivity contribution is 0.243. The summed E-state index contributed by atoms with van der Waals surface area (Å²) in [6.45, 7) is 7.04. The topological polar surface area (TPSA) is 52.2 Å². The Morgan fingerprint density at radius 2 is 2.00 bits per heavy atom. The molecule has 1 aromatic carbocycles. The number of hydrogen-bond donors (Lipinski definition) is 1. The van der Waals surface area contributed by atoms with Crippen molar-refractivity contribution in [3.8, 4) is 0 Å². The molecule has 2 heterocycles. The van der Waals surface area contributed by atoms with Crippen LogP contribution >= 0.6 is 0 Å². The van der Waals surface area contributed by atoms with Gasteiger partial charge >= 0.3 is 0 Å². The SMILES string of the molecule is Cc1cc(=O)[nH]c([C@@H](C)N(C)Cc2ccccc2N2CCCC2)n1. The molecule has 0 spiro atoms. The molecule has 24 heavy (non-hydrogen) atoms. The molecule has 128 valence electrons. The molecular formula is C19H26N4O. The van der Waals surface area contributed by atoms with Gasteiger partial charge in [-0.15, -0.1) is 0 Å². The van der Waals surface area contributed by atoms with Crippen molar-refractivity contribution in [2.75, 3.05) is 25.0 Å². The average molecular weight is 326 g/mol. The highest BCUT2D eigenvalue weighted by Crippen LogP contribution is 2.27. The van der Waals surface area contributed by atoms with Crippen LogP contribution in [-0.4, -0.2) is 35.0 Å². The molecule has 0 unspecified atom stereocenters. The number of anilines is 1. The number of H-pyrrole nitrogens is 1. The molecule has 1 aliphatic rings. The van der Waals surface area contributed by atoms with Gasteiger partial charge in [0.15, 0.2) is 0 Å². The highest BCUT2D eigenvalue weighted by atomic mass is 16.1. The third kappa shape index (κ3) is 3.67. The summed E-state index contributed by atoms with van der Waals surface area (Å²) in [4.78, 5) is 23.8. The molecule has 1 fully saturated rings. The summed E-state index contributed by atoms with van der Waals surface area (Å²) in [5.41, 5.74) is 3.32. The molecule has 5 nitrogen and oxygen atoms in total. The summed E-state index contributed by atoms with van der Waals surface area (Å²) < 4.78 is 0. The summed E-state index contributed by atoms with van der Waals surface area (Å²) >= 11 is 0. The van der Waals surface area contributed by atoms with Crippen LogP contribution in [0.1, 0.15) is 42.9 Å². The Bertz CT molecular complexity index is 749. The monoisotopic (exact) mass is 326 g/mol. The third-order valence-corrected chi connectivity index (χ3v) is 4.80. The standard InChI is InChI=1S/C19H26N4O/c1-14-12-18(24)21-19(20-14)15(2)22(3)13-16-8-4-5-9-17(16)23-10-6-7-11-23/h4-5,8-9,12,15H,6-7,10-11,13H2,1-3H3,(H,20,21,24)/t15-/m1/s1. The lowest BCUT2D eigenvalue weighted by Crippen LogP contribution is -2.27. The van der Waals surface area contributed by atoms with E-state index in [1.165, 1.54) is 30.2 Å². The zero-order valence-electron chi connectivity index (χ0n) is 14.7. The van der Waals surface area contributed by atoms with Crippen LogP contribution in [0, 0.1) is 6.92 Å². The number of hydrogen-bond acceptors (Lipinski definition) is 4. The van der Waals surface area contributed by atoms with Gasteiger partial charge in [0.05, 0.1) is 6.04 Å². The first-order chi connectivity index (χ1) is 11.5. The van der Waals surface area contributed by atoms with Crippen LogP contribution in [0.25, 0.3) is 0 Å². The number of nitrogens with zero attached hydrogens (tertiary/aromatic N) is 3. The van der Waals surface area contributed by atoms with Gasteiger partial charge in [-0.05, 0) is 45.4 Å². The van der Waals surface area contributed by atoms with E-state index in [1.807, 2.05) is 6.92 Å². The van der Waals surface area contributed by atoms with Crippen LogP contribution in [0.15, 0.2) is 35.1 Å². The molecule has 0 saturated carbocycles. The van der Waals surface area contributed by atoms with Gasteiger partial charge in [-0.2, -0.15) is 0 Å². The van der Waals surface area contributed by atoms with E-state index in [0.29, 0.717) is 0 Å². The quantitative estimate of drug-likeness (QED) is 0.918. The lowest BCUT2D eigenvalue weighted by Gasteiger charge is -2.27. The molecule has 1 aromatic heterocycles. The highest BCUT2D eigenvalue weighted by Gasteiger charge is 2.19. The van der Waals surface area contributed by atoms with Crippen LogP contribution in [0.2, 0.25) is 0 Å². The van der Waals surface area contributed by atoms with Crippen LogP contribution < -0.4 is 10.5 Å². The van der Waals surface area contributed by atoms with Crippen molar-refractivity contribution >= 4 is 5.69 Å². The first-order valence-corrected chi connectivity index (χ1v) is 8.65. The van der Waals surface area contributed by atoms with Crippen molar-refractivity contribution in [1.82, 2.24) is 14.9 Å². The smallest absolute Gasteiger partial charge is 0.251 e. The highest BCUT2D eigenvalue weighted by molar-refractivity contribution is 5.54. The van der Waals surface area contributed by atoms with Gasteiger partial charge in [-0.25, -0.2) is 4.98 Å². The molecule has 2 aromatic rings. The van der Waals surface area contributed by atoms with Crippen molar-refractivity contribution in [2.24, 2.45) is 0 Å². The minimum atomic E-state index is -0.0878. The molecular weight excluding hydrogens is 300 g/mol. The Kier molecular flexibility index (Phi) is 5.00. The van der Waals surface area contributed by atoms with Crippen LogP contribution in [-0.2, 0) is 6.54 Å². The Morgan fingerprint density at radius 1 is 1.29 bits per heavy atom. The van der Waals surface area contributed by atoms with Gasteiger partial charge in [0, 0.05) is 37.1 Å². The second-order valence-corrected chi connectivity index (χ2v) is 6.69. The van der Waals surface area contributed by atoms with E-state index < -0.39 is 0 Å². The Labute approximate surface area is 143 Å². The van der Waals surface area contributed by atoms with Gasteiger partial charge in [-0.1, -0.05) is 18.2 Å². The van der Waals surface area contributed by atoms with Crippen molar-refractivity contribution in [1.29, 1.82) is 0 Å². The van der Waals surface area contributed by atoms with Crippen molar-refractivity contribution in [2.45, 2.75) is 39.3 Å². The zero-order valence-corrected chi connectivity index (χ0v) is 14.7. The third-order valence-electron chi connectivity index (χ3n) is 4.80. The van der Waals surface area contributed by atoms with Crippen LogP contribution in [0.3, 0.4) is 0 Å². The number of rotatable bonds is 5. The molecule has 1 N–H and O–H groups in total. The van der Waals surface area contributed by atoms with Crippen molar-refractivity contribution < 1.29 is 0 Å². The van der Waals surface area contributed by atoms with Crippen LogP contribution in [0.5, 0.6) is 0 Å². The van der Waals surface area contributed by atoms with E-state index in [9.17, 15) is 4.79 Å². The Balaban J connectivity index is 1.79. The maximum atomic E-state index is 11.7. The largest absolute Gasteiger partial charge is 0.371 e. The molecule has 3 rings (SSSR count). The number of aromatic amines is 1. The first kappa shape index (κ1) is 16.7. The van der Waals surface area contributed by atoms with E-state index >= 15 is 0 Å². The van der Waals surface area contributed by atoms with Gasteiger partial charge < -0.3 is 9.88 Å². The van der Waals surface area contributed by atoms with Crippen LogP contribution in [0.4, 0.5) is 5.69 Å². The van der Waals surface area contributed by atoms with Crippen molar-refractivity contribution in [3.05, 3.63) is 57.8 Å². The van der Waals surface area contributed by atoms with Crippen molar-refractivity contribution in [3.63, 3.8) is 0 Å². The summed E-state index contributed by atoms with van der Waals surface area (Å²) in [5, 5.41) is 0. The maximum Gasteiger partial charge on any atom is 0.251 e. The second-order valence-electron chi connectivity index (χ2n) is 6.69. The Hall–Kier alpha value is -2.14. The maximum absolute atomic E-state index is 11.7. The average Bonchev–Trinajstić information content (AvgIpc) is 3.08. The predicted molar refractivity (Wildman–Crippen MR) is 97.4 cm³/mol. The molecule has 5 heteroatoms. The number of benzene rings is 1. The van der Waals surface area contributed by atoms with E-state index in [4.69, 9.17) is 0 Å². The molecule has 1 aliphatic heterocycles. The Morgan fingerprint density at radius 3 is 2.71 bits per heavy atom. The number of para-hydroxylation sites is 1. The normalized spacial score (nSPS) is 15.9. The number of nitrogens with one attached hydrogen (secondary N) is 1. The second kappa shape index (κ2) is 7.18. The van der Waals surface area contributed by atoms with Gasteiger partial charge in [0.2, 0.25) is 0 Å². The fourth-order valence-corrected chi connectivity index (χ4v) is 3.33. The summed E-state index contributed by atoms with van der Waals surface area (Å²) in [6, 6.07) is 10.2. The zero-order chi connectivity index (χ0) is 17.1. The number of aryl methyl sites for hydroxylation is 1. The lowest BCUT2D eigenvalue weighted by atomic mass is 10.1. The summed E-state index contributed by atoms with van der Waals surface area (Å²) in [6.07, 6.45) is 2.55. The summed E-state index contributed by atoms with van der Waals surface area (Å²) in [5.74, 6) is 0.723. The van der Waals surface area contributed by atoms with E-state index in [1.54, 1.807) is 0 Å². The molecule has 1 saturated heterocycles.